The SMILES string of the molecule is CCCNC(C)C1CCCCN1CCC(C)(C)OC. The van der Waals surface area contributed by atoms with Crippen LogP contribution in [0.4, 0.5) is 0 Å². The van der Waals surface area contributed by atoms with Crippen LogP contribution >= 0.6 is 0 Å². The molecule has 0 bridgehead atoms. The molecular formula is C16H34N2O. The molecular weight excluding hydrogens is 236 g/mol. The molecule has 0 aromatic rings. The Kier molecular flexibility index (Phi) is 7.33. The number of piperidine rings is 1. The normalized spacial score (nSPS) is 23.5. The van der Waals surface area contributed by atoms with Crippen LogP contribution in [0, 0.1) is 0 Å². The van der Waals surface area contributed by atoms with Gasteiger partial charge in [-0.3, -0.25) is 4.90 Å². The van der Waals surface area contributed by atoms with Gasteiger partial charge < -0.3 is 10.1 Å². The van der Waals surface area contributed by atoms with Crippen molar-refractivity contribution in [1.29, 1.82) is 0 Å². The molecule has 1 N–H and O–H groups in total. The molecule has 2 atom stereocenters. The Labute approximate surface area is 120 Å². The summed E-state index contributed by atoms with van der Waals surface area (Å²) in [5.41, 5.74) is 0.00207. The number of methoxy groups -OCH3 is 1. The predicted molar refractivity (Wildman–Crippen MR) is 82.7 cm³/mol. The first-order chi connectivity index (χ1) is 9.00. The molecule has 3 nitrogen and oxygen atoms in total. The van der Waals surface area contributed by atoms with Crippen molar-refractivity contribution in [3.05, 3.63) is 0 Å². The molecule has 1 aliphatic rings. The van der Waals surface area contributed by atoms with E-state index in [2.05, 4.69) is 37.9 Å². The lowest BCUT2D eigenvalue weighted by Crippen LogP contribution is -2.52. The van der Waals surface area contributed by atoms with Gasteiger partial charge in [0.1, 0.15) is 0 Å². The zero-order chi connectivity index (χ0) is 14.3. The third-order valence-electron chi connectivity index (χ3n) is 4.51. The minimum Gasteiger partial charge on any atom is -0.379 e. The predicted octanol–water partition coefficient (Wildman–Crippen LogP) is 3.04. The van der Waals surface area contributed by atoms with Crippen molar-refractivity contribution in [1.82, 2.24) is 10.2 Å². The van der Waals surface area contributed by atoms with Crippen molar-refractivity contribution in [3.8, 4) is 0 Å². The molecule has 19 heavy (non-hydrogen) atoms. The number of nitrogens with one attached hydrogen (secondary N) is 1. The van der Waals surface area contributed by atoms with Crippen LogP contribution in [0.5, 0.6) is 0 Å². The first-order valence-electron chi connectivity index (χ1n) is 8.02. The van der Waals surface area contributed by atoms with E-state index >= 15 is 0 Å². The molecule has 0 aliphatic carbocycles. The number of likely N-dealkylation sites (tertiary alicyclic amines) is 1. The van der Waals surface area contributed by atoms with Gasteiger partial charge >= 0.3 is 0 Å². The van der Waals surface area contributed by atoms with Crippen molar-refractivity contribution >= 4 is 0 Å². The highest BCUT2D eigenvalue weighted by Crippen LogP contribution is 2.22. The van der Waals surface area contributed by atoms with Gasteiger partial charge in [0, 0.05) is 25.7 Å². The van der Waals surface area contributed by atoms with E-state index < -0.39 is 0 Å². The number of rotatable bonds is 8. The summed E-state index contributed by atoms with van der Waals surface area (Å²) in [6, 6.07) is 1.30. The summed E-state index contributed by atoms with van der Waals surface area (Å²) in [7, 11) is 1.82. The number of ether oxygens (including phenoxy) is 1. The zero-order valence-corrected chi connectivity index (χ0v) is 13.7. The van der Waals surface area contributed by atoms with E-state index in [1.54, 1.807) is 0 Å². The Bertz CT molecular complexity index is 243. The van der Waals surface area contributed by atoms with Crippen molar-refractivity contribution in [2.45, 2.75) is 77.5 Å². The summed E-state index contributed by atoms with van der Waals surface area (Å²) in [6.45, 7) is 12.5. The molecule has 1 heterocycles. The standard InChI is InChI=1S/C16H34N2O/c1-6-11-17-14(2)15-9-7-8-12-18(15)13-10-16(3,4)19-5/h14-15,17H,6-13H2,1-5H3. The van der Waals surface area contributed by atoms with Crippen LogP contribution < -0.4 is 5.32 Å². The van der Waals surface area contributed by atoms with Crippen LogP contribution in [0.1, 0.15) is 59.8 Å². The first-order valence-corrected chi connectivity index (χ1v) is 8.02. The topological polar surface area (TPSA) is 24.5 Å². The molecule has 2 unspecified atom stereocenters. The maximum Gasteiger partial charge on any atom is 0.0634 e. The quantitative estimate of drug-likeness (QED) is 0.733. The molecule has 1 aliphatic heterocycles. The Morgan fingerprint density at radius 1 is 1.37 bits per heavy atom. The number of hydrogen-bond acceptors (Lipinski definition) is 3. The van der Waals surface area contributed by atoms with Crippen LogP contribution in [-0.4, -0.2) is 49.3 Å². The highest BCUT2D eigenvalue weighted by molar-refractivity contribution is 4.86. The van der Waals surface area contributed by atoms with E-state index in [-0.39, 0.29) is 5.60 Å². The highest BCUT2D eigenvalue weighted by atomic mass is 16.5. The summed E-state index contributed by atoms with van der Waals surface area (Å²) < 4.78 is 5.55. The van der Waals surface area contributed by atoms with Gasteiger partial charge in [-0.05, 0) is 59.5 Å². The molecule has 1 fully saturated rings. The van der Waals surface area contributed by atoms with E-state index in [0.29, 0.717) is 12.1 Å². The zero-order valence-electron chi connectivity index (χ0n) is 13.7. The van der Waals surface area contributed by atoms with E-state index in [1.165, 1.54) is 32.2 Å². The van der Waals surface area contributed by atoms with Crippen LogP contribution in [-0.2, 0) is 4.74 Å². The summed E-state index contributed by atoms with van der Waals surface area (Å²) >= 11 is 0. The molecule has 0 amide bonds. The Balaban J connectivity index is 2.47. The first kappa shape index (κ1) is 16.9. The molecule has 0 aromatic carbocycles. The van der Waals surface area contributed by atoms with E-state index in [0.717, 1.165) is 19.5 Å². The summed E-state index contributed by atoms with van der Waals surface area (Å²) in [4.78, 5) is 2.68. The van der Waals surface area contributed by atoms with Gasteiger partial charge in [-0.2, -0.15) is 0 Å². The Morgan fingerprint density at radius 2 is 2.11 bits per heavy atom. The lowest BCUT2D eigenvalue weighted by atomic mass is 9.94. The van der Waals surface area contributed by atoms with E-state index in [4.69, 9.17) is 4.74 Å². The maximum atomic E-state index is 5.55. The monoisotopic (exact) mass is 270 g/mol. The Hall–Kier alpha value is -0.120. The molecule has 3 heteroatoms. The van der Waals surface area contributed by atoms with Crippen molar-refractivity contribution in [2.75, 3.05) is 26.7 Å². The van der Waals surface area contributed by atoms with Crippen LogP contribution in [0.3, 0.4) is 0 Å². The Morgan fingerprint density at radius 3 is 2.74 bits per heavy atom. The average Bonchev–Trinajstić information content (AvgIpc) is 2.43. The van der Waals surface area contributed by atoms with Gasteiger partial charge in [-0.15, -0.1) is 0 Å². The fraction of sp³-hybridized carbons (Fsp3) is 1.00. The van der Waals surface area contributed by atoms with E-state index in [1.807, 2.05) is 7.11 Å². The molecule has 114 valence electrons. The molecule has 0 spiro atoms. The number of nitrogens with zero attached hydrogens (tertiary/aromatic N) is 1. The lowest BCUT2D eigenvalue weighted by molar-refractivity contribution is -0.00125. The third kappa shape index (κ3) is 5.80. The second-order valence-corrected chi connectivity index (χ2v) is 6.56. The van der Waals surface area contributed by atoms with Gasteiger partial charge in [-0.25, -0.2) is 0 Å². The van der Waals surface area contributed by atoms with Crippen molar-refractivity contribution < 1.29 is 4.74 Å². The summed E-state index contributed by atoms with van der Waals surface area (Å²) in [5, 5.41) is 3.67. The molecule has 0 saturated carbocycles. The molecule has 1 saturated heterocycles. The third-order valence-corrected chi connectivity index (χ3v) is 4.51. The maximum absolute atomic E-state index is 5.55. The van der Waals surface area contributed by atoms with Crippen molar-refractivity contribution in [3.63, 3.8) is 0 Å². The smallest absolute Gasteiger partial charge is 0.0634 e. The minimum atomic E-state index is 0.00207. The van der Waals surface area contributed by atoms with Crippen LogP contribution in [0.2, 0.25) is 0 Å². The largest absolute Gasteiger partial charge is 0.379 e. The van der Waals surface area contributed by atoms with Gasteiger partial charge in [-0.1, -0.05) is 13.3 Å². The van der Waals surface area contributed by atoms with Gasteiger partial charge in [0.25, 0.3) is 0 Å². The molecule has 1 rings (SSSR count). The fourth-order valence-corrected chi connectivity index (χ4v) is 2.88. The summed E-state index contributed by atoms with van der Waals surface area (Å²) in [6.07, 6.45) is 6.40. The molecule has 0 aromatic heterocycles. The summed E-state index contributed by atoms with van der Waals surface area (Å²) in [5.74, 6) is 0. The lowest BCUT2D eigenvalue weighted by Gasteiger charge is -2.41. The minimum absolute atomic E-state index is 0.00207. The second-order valence-electron chi connectivity index (χ2n) is 6.56. The van der Waals surface area contributed by atoms with E-state index in [9.17, 15) is 0 Å². The average molecular weight is 270 g/mol. The van der Waals surface area contributed by atoms with Crippen molar-refractivity contribution in [2.24, 2.45) is 0 Å². The second kappa shape index (κ2) is 8.23. The van der Waals surface area contributed by atoms with Gasteiger partial charge in [0.05, 0.1) is 5.60 Å². The van der Waals surface area contributed by atoms with Crippen LogP contribution in [0.15, 0.2) is 0 Å². The molecule has 0 radical (unpaired) electrons. The highest BCUT2D eigenvalue weighted by Gasteiger charge is 2.28. The fourth-order valence-electron chi connectivity index (χ4n) is 2.88. The van der Waals surface area contributed by atoms with Gasteiger partial charge in [0.15, 0.2) is 0 Å². The number of hydrogen-bond donors (Lipinski definition) is 1. The van der Waals surface area contributed by atoms with Gasteiger partial charge in [0.2, 0.25) is 0 Å². The van der Waals surface area contributed by atoms with Crippen LogP contribution in [0.25, 0.3) is 0 Å².